The maximum absolute atomic E-state index is 5.41. The van der Waals surface area contributed by atoms with Gasteiger partial charge < -0.3 is 11.1 Å². The predicted molar refractivity (Wildman–Crippen MR) is 65.1 cm³/mol. The third kappa shape index (κ3) is 3.88. The van der Waals surface area contributed by atoms with Crippen LogP contribution in [-0.4, -0.2) is 18.1 Å². The van der Waals surface area contributed by atoms with Gasteiger partial charge in [0, 0.05) is 12.7 Å². The van der Waals surface area contributed by atoms with Crippen molar-refractivity contribution in [2.75, 3.05) is 18.4 Å². The molecule has 0 aliphatic carbocycles. The second-order valence-corrected chi connectivity index (χ2v) is 4.75. The number of pyridine rings is 1. The lowest BCUT2D eigenvalue weighted by atomic mass is 9.88. The van der Waals surface area contributed by atoms with E-state index in [2.05, 4.69) is 37.1 Å². The zero-order valence-electron chi connectivity index (χ0n) is 9.88. The first-order chi connectivity index (χ1) is 7.04. The minimum Gasteiger partial charge on any atom is -0.370 e. The maximum atomic E-state index is 5.41. The average molecular weight is 207 g/mol. The van der Waals surface area contributed by atoms with Gasteiger partial charge in [0.2, 0.25) is 0 Å². The normalized spacial score (nSPS) is 11.5. The van der Waals surface area contributed by atoms with Crippen LogP contribution in [0.15, 0.2) is 18.3 Å². The van der Waals surface area contributed by atoms with Gasteiger partial charge in [-0.1, -0.05) is 26.8 Å². The van der Waals surface area contributed by atoms with Crippen molar-refractivity contribution in [1.82, 2.24) is 4.98 Å². The lowest BCUT2D eigenvalue weighted by Crippen LogP contribution is -2.13. The van der Waals surface area contributed by atoms with Gasteiger partial charge in [0.25, 0.3) is 0 Å². The van der Waals surface area contributed by atoms with E-state index in [1.165, 1.54) is 5.56 Å². The van der Waals surface area contributed by atoms with E-state index in [1.54, 1.807) is 0 Å². The van der Waals surface area contributed by atoms with Gasteiger partial charge in [-0.05, 0) is 30.0 Å². The highest BCUT2D eigenvalue weighted by Gasteiger charge is 2.13. The molecular formula is C12H21N3. The van der Waals surface area contributed by atoms with Crippen LogP contribution in [0.2, 0.25) is 0 Å². The van der Waals surface area contributed by atoms with Crippen molar-refractivity contribution >= 4 is 5.82 Å². The largest absolute Gasteiger partial charge is 0.370 e. The molecule has 0 aliphatic heterocycles. The van der Waals surface area contributed by atoms with Crippen LogP contribution in [0.4, 0.5) is 5.82 Å². The zero-order valence-corrected chi connectivity index (χ0v) is 9.88. The molecule has 3 heteroatoms. The molecule has 0 aliphatic rings. The molecule has 3 nitrogen and oxygen atoms in total. The molecular weight excluding hydrogens is 186 g/mol. The van der Waals surface area contributed by atoms with Gasteiger partial charge in [0.05, 0.1) is 0 Å². The molecule has 0 amide bonds. The van der Waals surface area contributed by atoms with Crippen molar-refractivity contribution in [1.29, 1.82) is 0 Å². The van der Waals surface area contributed by atoms with Crippen LogP contribution >= 0.6 is 0 Å². The number of hydrogen-bond donors (Lipinski definition) is 2. The lowest BCUT2D eigenvalue weighted by Gasteiger charge is -2.18. The van der Waals surface area contributed by atoms with Crippen LogP contribution in [0, 0.1) is 0 Å². The minimum absolute atomic E-state index is 0.169. The number of nitrogens with one attached hydrogen (secondary N) is 1. The standard InChI is InChI=1S/C12H21N3/c1-12(2,3)10-5-6-11(15-9-10)14-8-4-7-13/h5-6,9H,4,7-8,13H2,1-3H3,(H,14,15). The molecule has 0 bridgehead atoms. The first kappa shape index (κ1) is 12.0. The molecule has 0 spiro atoms. The van der Waals surface area contributed by atoms with Gasteiger partial charge in [-0.2, -0.15) is 0 Å². The fourth-order valence-electron chi connectivity index (χ4n) is 1.26. The predicted octanol–water partition coefficient (Wildman–Crippen LogP) is 2.14. The Morgan fingerprint density at radius 2 is 2.07 bits per heavy atom. The second kappa shape index (κ2) is 5.12. The molecule has 0 aromatic carbocycles. The summed E-state index contributed by atoms with van der Waals surface area (Å²) in [5, 5.41) is 3.23. The highest BCUT2D eigenvalue weighted by atomic mass is 15.0. The molecule has 1 aromatic heterocycles. The summed E-state index contributed by atoms with van der Waals surface area (Å²) in [6, 6.07) is 4.15. The van der Waals surface area contributed by atoms with Gasteiger partial charge in [0.15, 0.2) is 0 Å². The molecule has 1 rings (SSSR count). The Hall–Kier alpha value is -1.09. The Morgan fingerprint density at radius 3 is 2.53 bits per heavy atom. The summed E-state index contributed by atoms with van der Waals surface area (Å²) in [6.07, 6.45) is 2.91. The molecule has 15 heavy (non-hydrogen) atoms. The summed E-state index contributed by atoms with van der Waals surface area (Å²) in [4.78, 5) is 4.37. The van der Waals surface area contributed by atoms with Crippen LogP contribution in [-0.2, 0) is 5.41 Å². The fraction of sp³-hybridized carbons (Fsp3) is 0.583. The van der Waals surface area contributed by atoms with Gasteiger partial charge in [-0.15, -0.1) is 0 Å². The SMILES string of the molecule is CC(C)(C)c1ccc(NCCCN)nc1. The van der Waals surface area contributed by atoms with E-state index in [0.717, 1.165) is 18.8 Å². The Kier molecular flexibility index (Phi) is 4.09. The van der Waals surface area contributed by atoms with E-state index >= 15 is 0 Å². The summed E-state index contributed by atoms with van der Waals surface area (Å²) >= 11 is 0. The summed E-state index contributed by atoms with van der Waals surface area (Å²) in [5.74, 6) is 0.927. The first-order valence-electron chi connectivity index (χ1n) is 5.44. The number of hydrogen-bond acceptors (Lipinski definition) is 3. The Bertz CT molecular complexity index is 285. The van der Waals surface area contributed by atoms with Crippen molar-refractivity contribution in [2.45, 2.75) is 32.6 Å². The lowest BCUT2D eigenvalue weighted by molar-refractivity contribution is 0.587. The fourth-order valence-corrected chi connectivity index (χ4v) is 1.26. The smallest absolute Gasteiger partial charge is 0.125 e. The van der Waals surface area contributed by atoms with Crippen molar-refractivity contribution < 1.29 is 0 Å². The number of anilines is 1. The monoisotopic (exact) mass is 207 g/mol. The molecule has 84 valence electrons. The summed E-state index contributed by atoms with van der Waals surface area (Å²) in [7, 11) is 0. The van der Waals surface area contributed by atoms with Crippen LogP contribution in [0.1, 0.15) is 32.8 Å². The van der Waals surface area contributed by atoms with Gasteiger partial charge in [-0.25, -0.2) is 4.98 Å². The van der Waals surface area contributed by atoms with Crippen LogP contribution < -0.4 is 11.1 Å². The Morgan fingerprint density at radius 1 is 1.33 bits per heavy atom. The van der Waals surface area contributed by atoms with Gasteiger partial charge >= 0.3 is 0 Å². The third-order valence-electron chi connectivity index (χ3n) is 2.32. The molecule has 0 atom stereocenters. The maximum Gasteiger partial charge on any atom is 0.125 e. The minimum atomic E-state index is 0.169. The van der Waals surface area contributed by atoms with Crippen molar-refractivity contribution in [3.8, 4) is 0 Å². The molecule has 3 N–H and O–H groups in total. The molecule has 0 radical (unpaired) electrons. The quantitative estimate of drug-likeness (QED) is 0.744. The molecule has 1 aromatic rings. The van der Waals surface area contributed by atoms with Crippen LogP contribution in [0.5, 0.6) is 0 Å². The van der Waals surface area contributed by atoms with E-state index in [-0.39, 0.29) is 5.41 Å². The highest BCUT2D eigenvalue weighted by molar-refractivity contribution is 5.36. The molecule has 0 saturated carbocycles. The third-order valence-corrected chi connectivity index (χ3v) is 2.32. The van der Waals surface area contributed by atoms with Crippen LogP contribution in [0.25, 0.3) is 0 Å². The Balaban J connectivity index is 2.57. The van der Waals surface area contributed by atoms with Gasteiger partial charge in [0.1, 0.15) is 5.82 Å². The Labute approximate surface area is 92.1 Å². The number of rotatable bonds is 4. The summed E-state index contributed by atoms with van der Waals surface area (Å²) < 4.78 is 0. The zero-order chi connectivity index (χ0) is 11.3. The van der Waals surface area contributed by atoms with E-state index in [9.17, 15) is 0 Å². The topological polar surface area (TPSA) is 50.9 Å². The van der Waals surface area contributed by atoms with E-state index < -0.39 is 0 Å². The molecule has 0 unspecified atom stereocenters. The molecule has 0 fully saturated rings. The van der Waals surface area contributed by atoms with Crippen molar-refractivity contribution in [2.24, 2.45) is 5.73 Å². The first-order valence-corrected chi connectivity index (χ1v) is 5.44. The highest BCUT2D eigenvalue weighted by Crippen LogP contribution is 2.21. The molecule has 0 saturated heterocycles. The number of nitrogens with two attached hydrogens (primary N) is 1. The summed E-state index contributed by atoms with van der Waals surface area (Å²) in [6.45, 7) is 8.16. The van der Waals surface area contributed by atoms with E-state index in [1.807, 2.05) is 12.3 Å². The van der Waals surface area contributed by atoms with Gasteiger partial charge in [-0.3, -0.25) is 0 Å². The van der Waals surface area contributed by atoms with Crippen molar-refractivity contribution in [3.05, 3.63) is 23.9 Å². The summed E-state index contributed by atoms with van der Waals surface area (Å²) in [5.41, 5.74) is 6.84. The van der Waals surface area contributed by atoms with Crippen LogP contribution in [0.3, 0.4) is 0 Å². The molecule has 1 heterocycles. The van der Waals surface area contributed by atoms with E-state index in [4.69, 9.17) is 5.73 Å². The van der Waals surface area contributed by atoms with E-state index in [0.29, 0.717) is 6.54 Å². The number of aromatic nitrogens is 1. The average Bonchev–Trinajstić information content (AvgIpc) is 2.18. The number of nitrogens with zero attached hydrogens (tertiary/aromatic N) is 1. The van der Waals surface area contributed by atoms with Crippen molar-refractivity contribution in [3.63, 3.8) is 0 Å². The second-order valence-electron chi connectivity index (χ2n) is 4.75.